The minimum Gasteiger partial charge on any atom is -0.492 e. The number of allylic oxidation sites excluding steroid dienone is 3. The van der Waals surface area contributed by atoms with Crippen LogP contribution in [0.1, 0.15) is 112 Å². The molecule has 0 aromatic heterocycles. The van der Waals surface area contributed by atoms with E-state index in [1.165, 1.54) is 0 Å². The molecule has 1 aliphatic carbocycles. The minimum absolute atomic E-state index is 0.0222. The zero-order chi connectivity index (χ0) is 38.1. The molecular formula is C43H51NO10. The molecule has 3 N–H and O–H groups in total. The van der Waals surface area contributed by atoms with E-state index < -0.39 is 30.2 Å². The number of aliphatic hydroxyl groups excluding tert-OH is 2. The van der Waals surface area contributed by atoms with Gasteiger partial charge in [-0.05, 0) is 74.4 Å². The van der Waals surface area contributed by atoms with Crippen LogP contribution in [0.4, 0.5) is 0 Å². The van der Waals surface area contributed by atoms with Crippen LogP contribution < -0.4 is 24.8 Å². The number of carbonyl (C=O) groups excluding carboxylic acids is 3. The molecule has 1 saturated carbocycles. The van der Waals surface area contributed by atoms with Crippen LogP contribution in [0.3, 0.4) is 0 Å². The van der Waals surface area contributed by atoms with E-state index >= 15 is 0 Å². The first-order valence-corrected chi connectivity index (χ1v) is 19.6. The zero-order valence-corrected chi connectivity index (χ0v) is 31.5. The number of carbonyl (C=O) groups is 3. The predicted molar refractivity (Wildman–Crippen MR) is 200 cm³/mol. The standard InChI is InChI=1S/C43H51NO10/c1-4-6-7-8-14-43(3,50)35-19-30-38(53-35)32(22-47)40-37-36(31(21-46)41(54-40)42(49)51-5-2)27-11-12-34(48)29(17-27)28-16-26-13-15-44-33(26)18-25(28)10-9-24(20-45)23-52-39(30)37/h13,16,18,21,24,29,35,45,47,50H,4-12,14-15,17,19-20,22-23H2,1-3H3/t24-,29-,35-,43-/m0/s1. The third kappa shape index (κ3) is 6.90. The van der Waals surface area contributed by atoms with E-state index in [0.29, 0.717) is 66.7 Å². The summed E-state index contributed by atoms with van der Waals surface area (Å²) in [6, 6.07) is 4.12. The van der Waals surface area contributed by atoms with Crippen LogP contribution in [0.2, 0.25) is 0 Å². The molecule has 0 radical (unpaired) electrons. The molecular weight excluding hydrogens is 690 g/mol. The van der Waals surface area contributed by atoms with Crippen molar-refractivity contribution in [3.8, 4) is 17.2 Å². The van der Waals surface area contributed by atoms with Crippen molar-refractivity contribution in [2.45, 2.75) is 116 Å². The number of aryl methyl sites for hydroxylation is 1. The van der Waals surface area contributed by atoms with Crippen molar-refractivity contribution < 1.29 is 48.7 Å². The molecule has 0 amide bonds. The van der Waals surface area contributed by atoms with E-state index in [-0.39, 0.29) is 73.4 Å². The molecule has 2 aromatic rings. The maximum absolute atomic E-state index is 13.9. The second kappa shape index (κ2) is 15.8. The Balaban J connectivity index is 1.47. The van der Waals surface area contributed by atoms with Crippen molar-refractivity contribution in [3.63, 3.8) is 0 Å². The normalized spacial score (nSPS) is 22.6. The lowest BCUT2D eigenvalue weighted by Crippen LogP contribution is -2.42. The maximum atomic E-state index is 13.9. The van der Waals surface area contributed by atoms with Crippen molar-refractivity contribution in [2.24, 2.45) is 10.9 Å². The van der Waals surface area contributed by atoms with Crippen molar-refractivity contribution in [1.29, 1.82) is 0 Å². The molecule has 2 bridgehead atoms. The quantitative estimate of drug-likeness (QED) is 0.173. The number of hydrogen-bond acceptors (Lipinski definition) is 11. The van der Waals surface area contributed by atoms with Crippen molar-refractivity contribution >= 4 is 29.7 Å². The number of hydrogen-bond donors (Lipinski definition) is 3. The molecule has 4 atom stereocenters. The molecule has 5 aliphatic rings. The molecule has 11 heteroatoms. The Morgan fingerprint density at radius 2 is 1.91 bits per heavy atom. The number of unbranched alkanes of at least 4 members (excludes halogenated alkanes) is 3. The summed E-state index contributed by atoms with van der Waals surface area (Å²) in [5, 5.41) is 35.3. The lowest BCUT2D eigenvalue weighted by Gasteiger charge is -2.32. The van der Waals surface area contributed by atoms with Gasteiger partial charge in [0, 0.05) is 42.4 Å². The van der Waals surface area contributed by atoms with Gasteiger partial charge in [-0.3, -0.25) is 14.6 Å². The number of benzene rings is 2. The number of fused-ring (bicyclic) bond motifs is 7. The first kappa shape index (κ1) is 38.0. The molecule has 0 saturated heterocycles. The van der Waals surface area contributed by atoms with Crippen LogP contribution in [0.15, 0.2) is 34.0 Å². The number of rotatable bonds is 11. The molecule has 288 valence electrons. The Labute approximate surface area is 315 Å². The van der Waals surface area contributed by atoms with E-state index in [1.54, 1.807) is 13.8 Å². The van der Waals surface area contributed by atoms with Crippen molar-refractivity contribution in [1.82, 2.24) is 0 Å². The number of aldehydes is 1. The van der Waals surface area contributed by atoms with Gasteiger partial charge < -0.3 is 34.3 Å². The summed E-state index contributed by atoms with van der Waals surface area (Å²) < 4.78 is 25.0. The van der Waals surface area contributed by atoms with E-state index in [0.717, 1.165) is 53.0 Å². The monoisotopic (exact) mass is 741 g/mol. The average molecular weight is 742 g/mol. The Morgan fingerprint density at radius 3 is 2.65 bits per heavy atom. The Bertz CT molecular complexity index is 2040. The first-order chi connectivity index (χ1) is 26.1. The van der Waals surface area contributed by atoms with Gasteiger partial charge in [0.2, 0.25) is 5.76 Å². The van der Waals surface area contributed by atoms with Crippen LogP contribution in [0.5, 0.6) is 17.2 Å². The summed E-state index contributed by atoms with van der Waals surface area (Å²) in [5.74, 6) is -1.17. The van der Waals surface area contributed by atoms with E-state index in [9.17, 15) is 29.7 Å². The molecule has 4 aliphatic heterocycles. The summed E-state index contributed by atoms with van der Waals surface area (Å²) in [5.41, 5.74) is 3.09. The second-order valence-electron chi connectivity index (χ2n) is 15.4. The van der Waals surface area contributed by atoms with Gasteiger partial charge in [0.1, 0.15) is 29.1 Å². The summed E-state index contributed by atoms with van der Waals surface area (Å²) in [4.78, 5) is 45.4. The number of ketones is 1. The van der Waals surface area contributed by atoms with Gasteiger partial charge in [-0.2, -0.15) is 0 Å². The number of Topliss-reactive ketones (excluding diaryl/α,β-unsaturated/α-hetero) is 1. The van der Waals surface area contributed by atoms with Crippen molar-refractivity contribution in [3.05, 3.63) is 67.4 Å². The fraction of sp³-hybridized carbons (Fsp3) is 0.535. The van der Waals surface area contributed by atoms with Crippen LogP contribution in [-0.2, 0) is 38.6 Å². The van der Waals surface area contributed by atoms with Gasteiger partial charge in [0.05, 0.1) is 54.0 Å². The van der Waals surface area contributed by atoms with Gasteiger partial charge in [0.15, 0.2) is 6.29 Å². The average Bonchev–Trinajstić information content (AvgIpc) is 3.83. The minimum atomic E-state index is -1.22. The highest BCUT2D eigenvalue weighted by Gasteiger charge is 2.46. The molecule has 1 fully saturated rings. The molecule has 0 unspecified atom stereocenters. The summed E-state index contributed by atoms with van der Waals surface area (Å²) in [7, 11) is 0. The van der Waals surface area contributed by atoms with Crippen LogP contribution >= 0.6 is 0 Å². The predicted octanol–water partition coefficient (Wildman–Crippen LogP) is 4.25. The number of aliphatic hydroxyl groups is 3. The second-order valence-corrected chi connectivity index (χ2v) is 15.4. The molecule has 4 heterocycles. The topological polar surface area (TPSA) is 161 Å². The number of nitrogens with zero attached hydrogens (tertiary/aromatic N) is 1. The van der Waals surface area contributed by atoms with Crippen molar-refractivity contribution in [2.75, 3.05) is 26.4 Å². The number of ether oxygens (including phenoxy) is 4. The van der Waals surface area contributed by atoms with E-state index in [1.807, 2.05) is 6.08 Å². The summed E-state index contributed by atoms with van der Waals surface area (Å²) in [6.07, 6.45) is 8.59. The fourth-order valence-corrected chi connectivity index (χ4v) is 8.74. The number of esters is 1. The molecule has 2 aromatic carbocycles. The highest BCUT2D eigenvalue weighted by molar-refractivity contribution is 6.11. The molecule has 7 rings (SSSR count). The summed E-state index contributed by atoms with van der Waals surface area (Å²) >= 11 is 0. The van der Waals surface area contributed by atoms with Gasteiger partial charge in [-0.25, -0.2) is 4.79 Å². The highest BCUT2D eigenvalue weighted by Crippen LogP contribution is 2.57. The highest BCUT2D eigenvalue weighted by atomic mass is 16.6. The lowest BCUT2D eigenvalue weighted by molar-refractivity contribution is -0.141. The first-order valence-electron chi connectivity index (χ1n) is 19.6. The van der Waals surface area contributed by atoms with Gasteiger partial charge in [-0.1, -0.05) is 44.3 Å². The fourth-order valence-electron chi connectivity index (χ4n) is 8.74. The largest absolute Gasteiger partial charge is 0.492 e. The molecule has 11 nitrogen and oxygen atoms in total. The molecule has 0 spiro atoms. The SMILES string of the molecule is CCCCCC[C@](C)(O)[C@@H]1Cc2c(c(CO)c3c4c2OC[C@H](CO)CCc2cc5c(cc2[C@@H]2CC(=C4C(C=O)=C(C(=O)OCC)O3)CCC2=O)=CCN=5)O1. The zero-order valence-electron chi connectivity index (χ0n) is 31.5. The summed E-state index contributed by atoms with van der Waals surface area (Å²) in [6.45, 7) is 5.55. The third-order valence-corrected chi connectivity index (χ3v) is 11.8. The van der Waals surface area contributed by atoms with Crippen LogP contribution in [0, 0.1) is 5.92 Å². The Hall–Kier alpha value is -4.32. The molecule has 54 heavy (non-hydrogen) atoms. The van der Waals surface area contributed by atoms with E-state index in [4.69, 9.17) is 18.9 Å². The third-order valence-electron chi connectivity index (χ3n) is 11.8. The van der Waals surface area contributed by atoms with Gasteiger partial charge >= 0.3 is 5.97 Å². The maximum Gasteiger partial charge on any atom is 0.375 e. The van der Waals surface area contributed by atoms with Crippen LogP contribution in [-0.4, -0.2) is 71.4 Å². The Morgan fingerprint density at radius 1 is 1.07 bits per heavy atom. The van der Waals surface area contributed by atoms with E-state index in [2.05, 4.69) is 24.0 Å². The van der Waals surface area contributed by atoms with Gasteiger partial charge in [0.25, 0.3) is 0 Å². The van der Waals surface area contributed by atoms with Gasteiger partial charge in [-0.15, -0.1) is 0 Å². The smallest absolute Gasteiger partial charge is 0.375 e. The Kier molecular flexibility index (Phi) is 11.1. The lowest BCUT2D eigenvalue weighted by atomic mass is 9.74. The van der Waals surface area contributed by atoms with Crippen LogP contribution in [0.25, 0.3) is 11.6 Å².